The number of benzene rings is 1. The largest absolute Gasteiger partial charge is 0.506 e. The molecule has 0 fully saturated rings. The van der Waals surface area contributed by atoms with Crippen LogP contribution in [-0.4, -0.2) is 5.11 Å². The number of fused-ring (bicyclic) bond motifs is 1. The molecular formula is C9H6F2OS2. The summed E-state index contributed by atoms with van der Waals surface area (Å²) in [6, 6.07) is 3.06. The second-order valence-electron chi connectivity index (χ2n) is 2.80. The minimum absolute atomic E-state index is 0.0419. The van der Waals surface area contributed by atoms with Gasteiger partial charge in [-0.25, -0.2) is 8.78 Å². The zero-order chi connectivity index (χ0) is 10.3. The molecule has 1 heterocycles. The van der Waals surface area contributed by atoms with Crippen molar-refractivity contribution in [2.75, 3.05) is 0 Å². The maximum atomic E-state index is 12.6. The van der Waals surface area contributed by atoms with Gasteiger partial charge in [0.1, 0.15) is 5.75 Å². The Labute approximate surface area is 88.4 Å². The molecule has 0 aliphatic rings. The standard InChI is InChI=1S/C9H6F2OS2/c10-9(11)7-6(13)2-1-4-5(12)3-14-8(4)7/h1-3,9,12-13H. The van der Waals surface area contributed by atoms with E-state index in [-0.39, 0.29) is 16.2 Å². The quantitative estimate of drug-likeness (QED) is 0.716. The smallest absolute Gasteiger partial charge is 0.266 e. The Bertz CT molecular complexity index is 479. The monoisotopic (exact) mass is 232 g/mol. The first-order valence-electron chi connectivity index (χ1n) is 3.81. The maximum absolute atomic E-state index is 12.6. The van der Waals surface area contributed by atoms with Gasteiger partial charge >= 0.3 is 0 Å². The lowest BCUT2D eigenvalue weighted by atomic mass is 10.1. The summed E-state index contributed by atoms with van der Waals surface area (Å²) in [7, 11) is 0. The summed E-state index contributed by atoms with van der Waals surface area (Å²) in [6.07, 6.45) is -2.57. The molecule has 0 unspecified atom stereocenters. The fourth-order valence-electron chi connectivity index (χ4n) is 1.31. The van der Waals surface area contributed by atoms with E-state index >= 15 is 0 Å². The SMILES string of the molecule is Oc1csc2c(C(F)F)c(S)ccc12. The third-order valence-electron chi connectivity index (χ3n) is 1.96. The van der Waals surface area contributed by atoms with E-state index in [2.05, 4.69) is 12.6 Å². The highest BCUT2D eigenvalue weighted by Gasteiger charge is 2.17. The molecule has 0 radical (unpaired) electrons. The molecule has 0 amide bonds. The van der Waals surface area contributed by atoms with E-state index in [9.17, 15) is 13.9 Å². The molecule has 0 saturated heterocycles. The average molecular weight is 232 g/mol. The number of aromatic hydroxyl groups is 1. The van der Waals surface area contributed by atoms with Crippen molar-refractivity contribution in [2.24, 2.45) is 0 Å². The van der Waals surface area contributed by atoms with Crippen molar-refractivity contribution in [2.45, 2.75) is 11.3 Å². The first-order chi connectivity index (χ1) is 6.61. The van der Waals surface area contributed by atoms with Gasteiger partial charge in [-0.2, -0.15) is 0 Å². The van der Waals surface area contributed by atoms with Gasteiger partial charge < -0.3 is 5.11 Å². The lowest BCUT2D eigenvalue weighted by Gasteiger charge is -2.04. The van der Waals surface area contributed by atoms with Gasteiger partial charge in [0.2, 0.25) is 0 Å². The van der Waals surface area contributed by atoms with E-state index < -0.39 is 6.43 Å². The second-order valence-corrected chi connectivity index (χ2v) is 4.16. The molecule has 1 aromatic carbocycles. The van der Waals surface area contributed by atoms with E-state index in [1.165, 1.54) is 11.4 Å². The number of thiophene rings is 1. The van der Waals surface area contributed by atoms with E-state index in [1.807, 2.05) is 0 Å². The van der Waals surface area contributed by atoms with E-state index in [0.717, 1.165) is 11.3 Å². The van der Waals surface area contributed by atoms with Crippen LogP contribution in [0.1, 0.15) is 12.0 Å². The predicted octanol–water partition coefficient (Wildman–Crippen LogP) is 3.83. The zero-order valence-corrected chi connectivity index (χ0v) is 8.58. The van der Waals surface area contributed by atoms with Crippen LogP contribution >= 0.6 is 24.0 Å². The second kappa shape index (κ2) is 3.40. The first-order valence-corrected chi connectivity index (χ1v) is 5.14. The summed E-state index contributed by atoms with van der Waals surface area (Å²) in [6.45, 7) is 0. The molecule has 2 aromatic rings. The fourth-order valence-corrected chi connectivity index (χ4v) is 2.65. The molecule has 0 atom stereocenters. The van der Waals surface area contributed by atoms with Gasteiger partial charge in [-0.05, 0) is 12.1 Å². The van der Waals surface area contributed by atoms with Gasteiger partial charge in [-0.1, -0.05) is 0 Å². The van der Waals surface area contributed by atoms with Crippen molar-refractivity contribution in [3.05, 3.63) is 23.1 Å². The molecular weight excluding hydrogens is 226 g/mol. The fraction of sp³-hybridized carbons (Fsp3) is 0.111. The highest BCUT2D eigenvalue weighted by molar-refractivity contribution is 7.80. The van der Waals surface area contributed by atoms with Crippen LogP contribution in [0.2, 0.25) is 0 Å². The average Bonchev–Trinajstić information content (AvgIpc) is 2.47. The van der Waals surface area contributed by atoms with Crippen molar-refractivity contribution in [3.63, 3.8) is 0 Å². The van der Waals surface area contributed by atoms with Crippen molar-refractivity contribution in [3.8, 4) is 5.75 Å². The van der Waals surface area contributed by atoms with E-state index in [4.69, 9.17) is 0 Å². The van der Waals surface area contributed by atoms with Gasteiger partial charge in [-0.3, -0.25) is 0 Å². The van der Waals surface area contributed by atoms with Gasteiger partial charge in [0.25, 0.3) is 6.43 Å². The number of alkyl halides is 2. The van der Waals surface area contributed by atoms with Crippen LogP contribution in [0.15, 0.2) is 22.4 Å². The van der Waals surface area contributed by atoms with Crippen LogP contribution in [0.5, 0.6) is 5.75 Å². The Balaban J connectivity index is 2.83. The molecule has 0 saturated carbocycles. The Morgan fingerprint density at radius 3 is 2.71 bits per heavy atom. The van der Waals surface area contributed by atoms with Crippen LogP contribution in [0.25, 0.3) is 10.1 Å². The van der Waals surface area contributed by atoms with Crippen molar-refractivity contribution in [1.29, 1.82) is 0 Å². The molecule has 0 aliphatic carbocycles. The molecule has 0 bridgehead atoms. The molecule has 2 rings (SSSR count). The van der Waals surface area contributed by atoms with Crippen LogP contribution in [0.4, 0.5) is 8.78 Å². The molecule has 1 aromatic heterocycles. The lowest BCUT2D eigenvalue weighted by molar-refractivity contribution is 0.150. The van der Waals surface area contributed by atoms with Crippen LogP contribution in [0.3, 0.4) is 0 Å². The lowest BCUT2D eigenvalue weighted by Crippen LogP contribution is -1.86. The number of hydrogen-bond acceptors (Lipinski definition) is 3. The Kier molecular flexibility index (Phi) is 2.36. The molecule has 14 heavy (non-hydrogen) atoms. The molecule has 1 N–H and O–H groups in total. The van der Waals surface area contributed by atoms with E-state index in [1.54, 1.807) is 6.07 Å². The van der Waals surface area contributed by atoms with Crippen LogP contribution < -0.4 is 0 Å². The third kappa shape index (κ3) is 1.36. The van der Waals surface area contributed by atoms with Gasteiger partial charge in [-0.15, -0.1) is 24.0 Å². The van der Waals surface area contributed by atoms with Crippen molar-refractivity contribution < 1.29 is 13.9 Å². The summed E-state index contributed by atoms with van der Waals surface area (Å²) in [5.41, 5.74) is -0.101. The first kappa shape index (κ1) is 9.73. The molecule has 5 heteroatoms. The summed E-state index contributed by atoms with van der Waals surface area (Å²) < 4.78 is 25.7. The molecule has 0 spiro atoms. The Hall–Kier alpha value is -0.810. The van der Waals surface area contributed by atoms with E-state index in [0.29, 0.717) is 10.1 Å². The van der Waals surface area contributed by atoms with Gasteiger partial charge in [0, 0.05) is 25.9 Å². The molecule has 1 nitrogen and oxygen atoms in total. The van der Waals surface area contributed by atoms with Crippen molar-refractivity contribution in [1.82, 2.24) is 0 Å². The summed E-state index contributed by atoms with van der Waals surface area (Å²) in [5.74, 6) is 0.0419. The maximum Gasteiger partial charge on any atom is 0.266 e. The van der Waals surface area contributed by atoms with Crippen LogP contribution in [-0.2, 0) is 0 Å². The van der Waals surface area contributed by atoms with Gasteiger partial charge in [0.15, 0.2) is 0 Å². The topological polar surface area (TPSA) is 20.2 Å². The predicted molar refractivity (Wildman–Crippen MR) is 55.7 cm³/mol. The Morgan fingerprint density at radius 2 is 2.07 bits per heavy atom. The summed E-state index contributed by atoms with van der Waals surface area (Å²) >= 11 is 5.07. The zero-order valence-electron chi connectivity index (χ0n) is 6.87. The third-order valence-corrected chi connectivity index (χ3v) is 3.36. The van der Waals surface area contributed by atoms with Crippen LogP contribution in [0, 0.1) is 0 Å². The summed E-state index contributed by atoms with van der Waals surface area (Å²) in [4.78, 5) is 0.259. The normalized spacial score (nSPS) is 11.4. The molecule has 74 valence electrons. The molecule has 0 aliphatic heterocycles. The number of rotatable bonds is 1. The Morgan fingerprint density at radius 1 is 1.36 bits per heavy atom. The minimum Gasteiger partial charge on any atom is -0.506 e. The highest BCUT2D eigenvalue weighted by Crippen LogP contribution is 2.40. The number of hydrogen-bond donors (Lipinski definition) is 2. The highest BCUT2D eigenvalue weighted by atomic mass is 32.1. The minimum atomic E-state index is -2.57. The van der Waals surface area contributed by atoms with Crippen molar-refractivity contribution >= 4 is 34.1 Å². The summed E-state index contributed by atoms with van der Waals surface area (Å²) in [5, 5.41) is 11.3. The number of halogens is 2. The number of thiol groups is 1. The van der Waals surface area contributed by atoms with Gasteiger partial charge in [0.05, 0.1) is 0 Å².